The molecular weight excluding hydrogens is 415 g/mol. The number of hydrogen-bond donors (Lipinski definition) is 1. The molecule has 1 amide bonds. The van der Waals surface area contributed by atoms with Crippen molar-refractivity contribution in [2.45, 2.75) is 32.9 Å². The monoisotopic (exact) mass is 435 g/mol. The number of nitrogens with two attached hydrogens (primary N) is 1. The van der Waals surface area contributed by atoms with E-state index in [1.54, 1.807) is 19.1 Å². The van der Waals surface area contributed by atoms with Gasteiger partial charge in [0.05, 0.1) is 5.39 Å². The summed E-state index contributed by atoms with van der Waals surface area (Å²) < 4.78 is 56.7. The summed E-state index contributed by atoms with van der Waals surface area (Å²) in [6.45, 7) is 3.23. The molecule has 2 aromatic carbocycles. The molecule has 1 heterocycles. The van der Waals surface area contributed by atoms with Gasteiger partial charge in [-0.05, 0) is 42.2 Å². The maximum Gasteiger partial charge on any atom is 0.453 e. The molecule has 6 nitrogen and oxygen atoms in total. The molecule has 0 fully saturated rings. The quantitative estimate of drug-likeness (QED) is 0.586. The highest BCUT2D eigenvalue weighted by Crippen LogP contribution is 2.39. The normalized spacial score (nSPS) is 11.5. The molecule has 0 aliphatic heterocycles. The molecule has 164 valence electrons. The number of fused-ring (bicyclic) bond motifs is 1. The van der Waals surface area contributed by atoms with Crippen LogP contribution in [0.15, 0.2) is 45.6 Å². The lowest BCUT2D eigenvalue weighted by Gasteiger charge is -2.15. The van der Waals surface area contributed by atoms with Crippen LogP contribution in [-0.2, 0) is 23.8 Å². The van der Waals surface area contributed by atoms with Crippen molar-refractivity contribution in [3.63, 3.8) is 0 Å². The number of carbonyl (C=O) groups excluding carboxylic acids is 1. The van der Waals surface area contributed by atoms with Gasteiger partial charge in [0.15, 0.2) is 6.61 Å². The second-order valence-corrected chi connectivity index (χ2v) is 6.75. The third-order valence-corrected chi connectivity index (χ3v) is 4.59. The zero-order valence-corrected chi connectivity index (χ0v) is 16.8. The average Bonchev–Trinajstić information content (AvgIpc) is 2.73. The second kappa shape index (κ2) is 8.71. The maximum atomic E-state index is 13.7. The molecule has 0 saturated carbocycles. The minimum atomic E-state index is -4.98. The minimum Gasteiger partial charge on any atom is -0.483 e. The van der Waals surface area contributed by atoms with Gasteiger partial charge in [-0.2, -0.15) is 13.2 Å². The first-order valence-electron chi connectivity index (χ1n) is 9.52. The van der Waals surface area contributed by atoms with Crippen LogP contribution in [0.2, 0.25) is 0 Å². The van der Waals surface area contributed by atoms with E-state index in [1.807, 2.05) is 6.92 Å². The smallest absolute Gasteiger partial charge is 0.453 e. The molecule has 31 heavy (non-hydrogen) atoms. The Bertz CT molecular complexity index is 1170. The molecular formula is C22H20F3NO5. The lowest BCUT2D eigenvalue weighted by atomic mass is 10.1. The van der Waals surface area contributed by atoms with Gasteiger partial charge in [-0.25, -0.2) is 0 Å². The number of hydrogen-bond acceptors (Lipinski definition) is 5. The summed E-state index contributed by atoms with van der Waals surface area (Å²) in [7, 11) is 0. The highest BCUT2D eigenvalue weighted by molar-refractivity contribution is 5.81. The summed E-state index contributed by atoms with van der Waals surface area (Å²) >= 11 is 0. The molecule has 0 saturated heterocycles. The van der Waals surface area contributed by atoms with Crippen molar-refractivity contribution in [3.05, 3.63) is 63.5 Å². The van der Waals surface area contributed by atoms with E-state index in [1.165, 1.54) is 18.2 Å². The predicted octanol–water partition coefficient (Wildman–Crippen LogP) is 4.59. The van der Waals surface area contributed by atoms with Crippen molar-refractivity contribution in [2.24, 2.45) is 5.73 Å². The van der Waals surface area contributed by atoms with E-state index >= 15 is 0 Å². The van der Waals surface area contributed by atoms with Crippen LogP contribution in [0.5, 0.6) is 17.2 Å². The average molecular weight is 435 g/mol. The molecule has 0 aliphatic carbocycles. The molecule has 2 N–H and O–H groups in total. The first kappa shape index (κ1) is 22.2. The van der Waals surface area contributed by atoms with Crippen LogP contribution >= 0.6 is 0 Å². The van der Waals surface area contributed by atoms with Gasteiger partial charge in [-0.1, -0.05) is 26.0 Å². The van der Waals surface area contributed by atoms with E-state index in [0.717, 1.165) is 18.1 Å². The summed E-state index contributed by atoms with van der Waals surface area (Å²) in [6.07, 6.45) is -3.85. The Kier molecular flexibility index (Phi) is 6.24. The second-order valence-electron chi connectivity index (χ2n) is 6.75. The maximum absolute atomic E-state index is 13.7. The predicted molar refractivity (Wildman–Crippen MR) is 107 cm³/mol. The highest BCUT2D eigenvalue weighted by Gasteiger charge is 2.40. The van der Waals surface area contributed by atoms with Crippen LogP contribution < -0.4 is 20.6 Å². The molecule has 9 heteroatoms. The number of halogens is 3. The number of aryl methyl sites for hydroxylation is 2. The number of ether oxygens (including phenoxy) is 2. The Morgan fingerprint density at radius 2 is 1.77 bits per heavy atom. The van der Waals surface area contributed by atoms with Crippen molar-refractivity contribution in [1.82, 2.24) is 0 Å². The van der Waals surface area contributed by atoms with Crippen LogP contribution in [-0.4, -0.2) is 12.5 Å². The fourth-order valence-electron chi connectivity index (χ4n) is 3.00. The van der Waals surface area contributed by atoms with E-state index in [2.05, 4.69) is 0 Å². The Balaban J connectivity index is 2.18. The standard InChI is InChI=1S/C22H20F3NO5/c1-3-12-5-7-14(8-6-12)30-20-19(28)15-9-13(4-2)16(29-11-18(26)27)10-17(15)31-21(20)22(23,24)25/h5-10H,3-4,11H2,1-2H3,(H2,26,27). The first-order chi connectivity index (χ1) is 14.6. The molecule has 0 radical (unpaired) electrons. The Hall–Kier alpha value is -3.49. The van der Waals surface area contributed by atoms with Crippen LogP contribution in [0.25, 0.3) is 11.0 Å². The van der Waals surface area contributed by atoms with E-state index in [4.69, 9.17) is 19.6 Å². The molecule has 0 aliphatic rings. The topological polar surface area (TPSA) is 91.8 Å². The van der Waals surface area contributed by atoms with Gasteiger partial charge >= 0.3 is 6.18 Å². The van der Waals surface area contributed by atoms with Gasteiger partial charge in [-0.15, -0.1) is 0 Å². The van der Waals surface area contributed by atoms with Gasteiger partial charge < -0.3 is 19.6 Å². The molecule has 3 aromatic rings. The SMILES string of the molecule is CCc1ccc(Oc2c(C(F)(F)F)oc3cc(OCC(N)=O)c(CC)cc3c2=O)cc1. The third kappa shape index (κ3) is 4.82. The van der Waals surface area contributed by atoms with Crippen molar-refractivity contribution in [1.29, 1.82) is 0 Å². The zero-order chi connectivity index (χ0) is 22.8. The summed E-state index contributed by atoms with van der Waals surface area (Å²) in [6, 6.07) is 8.88. The number of alkyl halides is 3. The lowest BCUT2D eigenvalue weighted by Crippen LogP contribution is -2.20. The van der Waals surface area contributed by atoms with Crippen molar-refractivity contribution in [2.75, 3.05) is 6.61 Å². The van der Waals surface area contributed by atoms with E-state index in [0.29, 0.717) is 12.0 Å². The van der Waals surface area contributed by atoms with E-state index < -0.39 is 35.6 Å². The van der Waals surface area contributed by atoms with E-state index in [9.17, 15) is 22.8 Å². The van der Waals surface area contributed by atoms with Crippen molar-refractivity contribution < 1.29 is 31.9 Å². The van der Waals surface area contributed by atoms with Gasteiger partial charge in [0.1, 0.15) is 17.1 Å². The highest BCUT2D eigenvalue weighted by atomic mass is 19.4. The Morgan fingerprint density at radius 1 is 1.10 bits per heavy atom. The van der Waals surface area contributed by atoms with Crippen LogP contribution in [0, 0.1) is 0 Å². The van der Waals surface area contributed by atoms with Crippen molar-refractivity contribution in [3.8, 4) is 17.2 Å². The number of rotatable bonds is 7. The fourth-order valence-corrected chi connectivity index (χ4v) is 3.00. The third-order valence-electron chi connectivity index (χ3n) is 4.59. The van der Waals surface area contributed by atoms with Gasteiger partial charge in [0.2, 0.25) is 11.2 Å². The lowest BCUT2D eigenvalue weighted by molar-refractivity contribution is -0.154. The van der Waals surface area contributed by atoms with Crippen LogP contribution in [0.4, 0.5) is 13.2 Å². The first-order valence-corrected chi connectivity index (χ1v) is 9.52. The zero-order valence-electron chi connectivity index (χ0n) is 16.8. The summed E-state index contributed by atoms with van der Waals surface area (Å²) in [5.74, 6) is -3.08. The number of primary amides is 1. The molecule has 3 rings (SSSR count). The number of carbonyl (C=O) groups is 1. The molecule has 0 bridgehead atoms. The van der Waals surface area contributed by atoms with E-state index in [-0.39, 0.29) is 22.5 Å². The van der Waals surface area contributed by atoms with Crippen LogP contribution in [0.1, 0.15) is 30.7 Å². The number of amides is 1. The molecule has 0 unspecified atom stereocenters. The molecule has 0 atom stereocenters. The number of benzene rings is 2. The van der Waals surface area contributed by atoms with Crippen molar-refractivity contribution >= 4 is 16.9 Å². The summed E-state index contributed by atoms with van der Waals surface area (Å²) in [5, 5.41) is -0.101. The largest absolute Gasteiger partial charge is 0.483 e. The molecule has 0 spiro atoms. The summed E-state index contributed by atoms with van der Waals surface area (Å²) in [4.78, 5) is 24.0. The van der Waals surface area contributed by atoms with Gasteiger partial charge in [-0.3, -0.25) is 9.59 Å². The van der Waals surface area contributed by atoms with Gasteiger partial charge in [0.25, 0.3) is 11.7 Å². The minimum absolute atomic E-state index is 0.0754. The van der Waals surface area contributed by atoms with Crippen LogP contribution in [0.3, 0.4) is 0 Å². The summed E-state index contributed by atoms with van der Waals surface area (Å²) in [5.41, 5.74) is 5.21. The van der Waals surface area contributed by atoms with Gasteiger partial charge in [0, 0.05) is 6.07 Å². The molecule has 1 aromatic heterocycles. The Morgan fingerprint density at radius 3 is 2.32 bits per heavy atom. The fraction of sp³-hybridized carbons (Fsp3) is 0.273. The Labute approximate surface area is 175 Å².